The largest absolute Gasteiger partial charge is 0.358 e. The van der Waals surface area contributed by atoms with Gasteiger partial charge in [-0.25, -0.2) is 4.79 Å². The molecule has 3 aromatic carbocycles. The third-order valence-corrected chi connectivity index (χ3v) is 6.57. The summed E-state index contributed by atoms with van der Waals surface area (Å²) < 4.78 is 14.3. The molecule has 1 aliphatic heterocycles. The second kappa shape index (κ2) is 10.7. The van der Waals surface area contributed by atoms with Gasteiger partial charge in [-0.1, -0.05) is 96.1 Å². The Morgan fingerprint density at radius 3 is 1.95 bits per heavy atom. The van der Waals surface area contributed by atoms with E-state index in [4.69, 9.17) is 9.47 Å². The molecule has 3 atom stereocenters. The highest BCUT2D eigenvalue weighted by Crippen LogP contribution is 2.41. The Labute approximate surface area is 212 Å². The van der Waals surface area contributed by atoms with Crippen LogP contribution in [0.2, 0.25) is 0 Å². The van der Waals surface area contributed by atoms with E-state index in [0.29, 0.717) is 0 Å². The lowest BCUT2D eigenvalue weighted by Gasteiger charge is -2.37. The van der Waals surface area contributed by atoms with E-state index in [1.165, 1.54) is 16.8 Å². The van der Waals surface area contributed by atoms with E-state index in [1.54, 1.807) is 0 Å². The summed E-state index contributed by atoms with van der Waals surface area (Å²) in [5.41, 5.74) is 9.93. The maximum Gasteiger partial charge on any atom is 0.330 e. The first-order valence-electron chi connectivity index (χ1n) is 11.9. The van der Waals surface area contributed by atoms with E-state index >= 15 is 0 Å². The summed E-state index contributed by atoms with van der Waals surface area (Å²) in [5, 5.41) is 3.94. The van der Waals surface area contributed by atoms with E-state index in [1.807, 2.05) is 91.0 Å². The number of nitrogens with one attached hydrogen (secondary N) is 1. The number of benzene rings is 3. The summed E-state index contributed by atoms with van der Waals surface area (Å²) in [4.78, 5) is 29.1. The third kappa shape index (κ3) is 4.83. The standard InChI is InChI=1S/C28H25N5O4/c29-32-31-23-18-26(33-17-16-25(34)30-27(33)35)37-24(23)19-36-28(20-10-4-1-5-11-20,21-12-6-2-7-13-21)22-14-8-3-9-15-22/h1-17,23-24,26H,18-19H2,(H,30,34,35)/t23-,24+,26+/m0/s1. The van der Waals surface area contributed by atoms with Crippen molar-refractivity contribution in [3.63, 3.8) is 0 Å². The number of rotatable bonds is 8. The number of hydrogen-bond acceptors (Lipinski definition) is 5. The van der Waals surface area contributed by atoms with Gasteiger partial charge in [-0.2, -0.15) is 0 Å². The molecular formula is C28H25N5O4. The summed E-state index contributed by atoms with van der Waals surface area (Å²) in [7, 11) is 0. The van der Waals surface area contributed by atoms with Crippen molar-refractivity contribution < 1.29 is 9.47 Å². The molecule has 1 aliphatic rings. The molecule has 0 radical (unpaired) electrons. The molecule has 37 heavy (non-hydrogen) atoms. The van der Waals surface area contributed by atoms with Gasteiger partial charge >= 0.3 is 5.69 Å². The van der Waals surface area contributed by atoms with E-state index in [0.717, 1.165) is 16.7 Å². The molecule has 4 aromatic rings. The van der Waals surface area contributed by atoms with Gasteiger partial charge in [-0.05, 0) is 22.2 Å². The van der Waals surface area contributed by atoms with E-state index in [9.17, 15) is 15.1 Å². The number of ether oxygens (including phenoxy) is 2. The summed E-state index contributed by atoms with van der Waals surface area (Å²) in [5.74, 6) is 0. The Morgan fingerprint density at radius 1 is 0.919 bits per heavy atom. The molecule has 5 rings (SSSR count). The minimum atomic E-state index is -0.971. The molecule has 0 spiro atoms. The fraction of sp³-hybridized carbons (Fsp3) is 0.214. The fourth-order valence-corrected chi connectivity index (χ4v) is 4.85. The van der Waals surface area contributed by atoms with Crippen LogP contribution in [0.5, 0.6) is 0 Å². The van der Waals surface area contributed by atoms with Crippen LogP contribution in [-0.2, 0) is 15.1 Å². The van der Waals surface area contributed by atoms with Crippen molar-refractivity contribution >= 4 is 0 Å². The van der Waals surface area contributed by atoms with Crippen LogP contribution < -0.4 is 11.2 Å². The number of nitrogens with zero attached hydrogens (tertiary/aromatic N) is 4. The van der Waals surface area contributed by atoms with Gasteiger partial charge in [0.25, 0.3) is 5.56 Å². The molecule has 9 nitrogen and oxygen atoms in total. The molecule has 0 saturated carbocycles. The first kappa shape index (κ1) is 24.3. The van der Waals surface area contributed by atoms with Crippen LogP contribution in [0.25, 0.3) is 10.4 Å². The zero-order valence-electron chi connectivity index (χ0n) is 19.9. The molecule has 9 heteroatoms. The highest BCUT2D eigenvalue weighted by atomic mass is 16.6. The highest BCUT2D eigenvalue weighted by molar-refractivity contribution is 5.47. The molecule has 186 valence electrons. The fourth-order valence-electron chi connectivity index (χ4n) is 4.85. The van der Waals surface area contributed by atoms with Gasteiger partial charge in [0.2, 0.25) is 0 Å². The minimum Gasteiger partial charge on any atom is -0.358 e. The van der Waals surface area contributed by atoms with Crippen LogP contribution in [0.4, 0.5) is 0 Å². The van der Waals surface area contributed by atoms with E-state index in [-0.39, 0.29) is 13.0 Å². The molecule has 0 amide bonds. The third-order valence-electron chi connectivity index (χ3n) is 6.57. The van der Waals surface area contributed by atoms with Crippen molar-refractivity contribution in [1.29, 1.82) is 0 Å². The Balaban J connectivity index is 1.54. The van der Waals surface area contributed by atoms with Crippen molar-refractivity contribution in [1.82, 2.24) is 9.55 Å². The lowest BCUT2D eigenvalue weighted by atomic mass is 9.80. The van der Waals surface area contributed by atoms with Crippen molar-refractivity contribution in [2.75, 3.05) is 6.61 Å². The molecule has 1 aromatic heterocycles. The lowest BCUT2D eigenvalue weighted by Crippen LogP contribution is -2.37. The molecule has 1 saturated heterocycles. The second-order valence-electron chi connectivity index (χ2n) is 8.74. The van der Waals surface area contributed by atoms with Gasteiger partial charge in [0.1, 0.15) is 11.8 Å². The Hall–Kier alpha value is -4.43. The predicted molar refractivity (Wildman–Crippen MR) is 138 cm³/mol. The molecule has 0 bridgehead atoms. The van der Waals surface area contributed by atoms with Crippen LogP contribution in [0.15, 0.2) is 118 Å². The van der Waals surface area contributed by atoms with Crippen molar-refractivity contribution in [2.45, 2.75) is 30.4 Å². The van der Waals surface area contributed by atoms with Crippen molar-refractivity contribution in [2.24, 2.45) is 5.11 Å². The monoisotopic (exact) mass is 495 g/mol. The van der Waals surface area contributed by atoms with Gasteiger partial charge < -0.3 is 9.47 Å². The highest BCUT2D eigenvalue weighted by Gasteiger charge is 2.42. The number of aromatic amines is 1. The maximum atomic E-state index is 12.4. The van der Waals surface area contributed by atoms with Crippen molar-refractivity contribution in [3.05, 3.63) is 151 Å². The molecule has 0 unspecified atom stereocenters. The van der Waals surface area contributed by atoms with Crippen LogP contribution in [-0.4, -0.2) is 28.3 Å². The normalized spacial score (nSPS) is 19.3. The van der Waals surface area contributed by atoms with Gasteiger partial charge in [0, 0.05) is 23.6 Å². The van der Waals surface area contributed by atoms with Gasteiger partial charge in [-0.3, -0.25) is 14.3 Å². The first-order valence-corrected chi connectivity index (χ1v) is 11.9. The zero-order valence-corrected chi connectivity index (χ0v) is 19.9. The number of azide groups is 1. The van der Waals surface area contributed by atoms with Crippen molar-refractivity contribution in [3.8, 4) is 0 Å². The summed E-state index contributed by atoms with van der Waals surface area (Å²) in [6, 6.07) is 30.4. The van der Waals surface area contributed by atoms with Gasteiger partial charge in [0.05, 0.1) is 18.8 Å². The average molecular weight is 496 g/mol. The Bertz CT molecular complexity index is 1400. The Morgan fingerprint density at radius 2 is 1.46 bits per heavy atom. The lowest BCUT2D eigenvalue weighted by molar-refractivity contribution is -0.0796. The number of aromatic nitrogens is 2. The molecule has 0 aliphatic carbocycles. The predicted octanol–water partition coefficient (Wildman–Crippen LogP) is 4.51. The van der Waals surface area contributed by atoms with Gasteiger partial charge in [0.15, 0.2) is 0 Å². The maximum absolute atomic E-state index is 12.4. The van der Waals surface area contributed by atoms with Gasteiger partial charge in [-0.15, -0.1) is 0 Å². The minimum absolute atomic E-state index is 0.0803. The quantitative estimate of drug-likeness (QED) is 0.167. The molecular weight excluding hydrogens is 470 g/mol. The SMILES string of the molecule is [N-]=[N+]=N[C@H]1C[C@H](n2ccc(=O)[nH]c2=O)O[C@@H]1COC(c1ccccc1)(c1ccccc1)c1ccccc1. The summed E-state index contributed by atoms with van der Waals surface area (Å²) in [6.45, 7) is 0.0803. The Kier molecular flexibility index (Phi) is 7.00. The second-order valence-corrected chi connectivity index (χ2v) is 8.74. The zero-order chi connectivity index (χ0) is 25.7. The number of hydrogen-bond donors (Lipinski definition) is 1. The summed E-state index contributed by atoms with van der Waals surface area (Å²) >= 11 is 0. The molecule has 1 fully saturated rings. The summed E-state index contributed by atoms with van der Waals surface area (Å²) in [6.07, 6.45) is 0.298. The van der Waals surface area contributed by atoms with E-state index < -0.39 is 35.2 Å². The molecule has 2 heterocycles. The topological polar surface area (TPSA) is 122 Å². The van der Waals surface area contributed by atoms with Crippen LogP contribution in [0, 0.1) is 0 Å². The van der Waals surface area contributed by atoms with Crippen LogP contribution >= 0.6 is 0 Å². The van der Waals surface area contributed by atoms with Crippen LogP contribution in [0.1, 0.15) is 29.3 Å². The smallest absolute Gasteiger partial charge is 0.330 e. The van der Waals surface area contributed by atoms with Crippen LogP contribution in [0.3, 0.4) is 0 Å². The molecule has 1 N–H and O–H groups in total. The average Bonchev–Trinajstić information content (AvgIpc) is 3.33. The number of H-pyrrole nitrogens is 1. The first-order chi connectivity index (χ1) is 18.1. The van der Waals surface area contributed by atoms with E-state index in [2.05, 4.69) is 15.0 Å².